The number of allylic oxidation sites excluding steroid dienone is 4. The van der Waals surface area contributed by atoms with E-state index in [0.717, 1.165) is 59.6 Å². The van der Waals surface area contributed by atoms with Crippen molar-refractivity contribution in [2.45, 2.75) is 19.8 Å². The molecule has 1 unspecified atom stereocenters. The molecule has 174 valence electrons. The lowest BCUT2D eigenvalue weighted by atomic mass is 9.98. The number of aliphatic imine (C=N–C) groups is 1. The number of piperidine rings is 1. The van der Waals surface area contributed by atoms with Crippen molar-refractivity contribution >= 4 is 23.2 Å². The molecule has 1 aromatic heterocycles. The van der Waals surface area contributed by atoms with E-state index in [9.17, 15) is 5.11 Å². The van der Waals surface area contributed by atoms with E-state index in [4.69, 9.17) is 9.97 Å². The highest BCUT2D eigenvalue weighted by Gasteiger charge is 2.24. The second kappa shape index (κ2) is 11.6. The number of hydrogen-bond acceptors (Lipinski definition) is 6. The average Bonchev–Trinajstić information content (AvgIpc) is 2.85. The van der Waals surface area contributed by atoms with E-state index in [0.29, 0.717) is 5.82 Å². The highest BCUT2D eigenvalue weighted by atomic mass is 16.3. The lowest BCUT2D eigenvalue weighted by molar-refractivity contribution is 0.208. The van der Waals surface area contributed by atoms with Crippen LogP contribution in [0.5, 0.6) is 0 Å². The third kappa shape index (κ3) is 5.96. The Balaban J connectivity index is 2.09. The summed E-state index contributed by atoms with van der Waals surface area (Å²) in [4.78, 5) is 18.3. The smallest absolute Gasteiger partial charge is 0.161 e. The number of hydrogen-bond donors (Lipinski definition) is 1. The van der Waals surface area contributed by atoms with E-state index < -0.39 is 0 Å². The Morgan fingerprint density at radius 1 is 1.33 bits per heavy atom. The van der Waals surface area contributed by atoms with Gasteiger partial charge in [0.05, 0.1) is 0 Å². The molecule has 1 aliphatic rings. The maximum absolute atomic E-state index is 9.76. The lowest BCUT2D eigenvalue weighted by Crippen LogP contribution is -2.38. The van der Waals surface area contributed by atoms with Crippen LogP contribution in [0.4, 0.5) is 5.82 Å². The van der Waals surface area contributed by atoms with Crippen molar-refractivity contribution in [2.24, 2.45) is 10.9 Å². The highest BCUT2D eigenvalue weighted by molar-refractivity contribution is 6.11. The van der Waals surface area contributed by atoms with Crippen molar-refractivity contribution in [3.05, 3.63) is 66.5 Å². The SMILES string of the molecule is C=C/C(=C\N(C)C)c1cccc(-c2ncc(/C(C=NC)=C/C)c(N3CCCC(CO)C3)n2)c1. The number of rotatable bonds is 8. The Morgan fingerprint density at radius 2 is 2.15 bits per heavy atom. The minimum Gasteiger partial charge on any atom is -0.396 e. The maximum atomic E-state index is 9.76. The molecule has 0 saturated carbocycles. The minimum atomic E-state index is 0.196. The van der Waals surface area contributed by atoms with E-state index in [1.165, 1.54) is 0 Å². The van der Waals surface area contributed by atoms with Gasteiger partial charge in [-0.1, -0.05) is 36.9 Å². The largest absolute Gasteiger partial charge is 0.396 e. The summed E-state index contributed by atoms with van der Waals surface area (Å²) in [6.07, 6.45) is 11.8. The van der Waals surface area contributed by atoms with Gasteiger partial charge in [-0.15, -0.1) is 0 Å². The van der Waals surface area contributed by atoms with Gasteiger partial charge in [0.25, 0.3) is 0 Å². The third-order valence-electron chi connectivity index (χ3n) is 5.81. The summed E-state index contributed by atoms with van der Waals surface area (Å²) in [6, 6.07) is 8.24. The Kier molecular flexibility index (Phi) is 8.55. The van der Waals surface area contributed by atoms with Gasteiger partial charge in [0.2, 0.25) is 0 Å². The van der Waals surface area contributed by atoms with Crippen molar-refractivity contribution in [1.29, 1.82) is 0 Å². The molecule has 1 saturated heterocycles. The first-order chi connectivity index (χ1) is 16.0. The summed E-state index contributed by atoms with van der Waals surface area (Å²) in [5, 5.41) is 9.76. The summed E-state index contributed by atoms with van der Waals surface area (Å²) in [5.74, 6) is 1.83. The van der Waals surface area contributed by atoms with Crippen LogP contribution in [0.15, 0.2) is 60.4 Å². The van der Waals surface area contributed by atoms with E-state index in [-0.39, 0.29) is 12.5 Å². The monoisotopic (exact) mass is 445 g/mol. The van der Waals surface area contributed by atoms with Crippen LogP contribution in [0.1, 0.15) is 30.9 Å². The predicted octanol–water partition coefficient (Wildman–Crippen LogP) is 4.54. The van der Waals surface area contributed by atoms with Crippen LogP contribution in [0.25, 0.3) is 22.5 Å². The average molecular weight is 446 g/mol. The molecule has 2 heterocycles. The molecule has 0 bridgehead atoms. The minimum absolute atomic E-state index is 0.196. The Hall–Kier alpha value is -3.25. The first kappa shape index (κ1) is 24.4. The molecular weight excluding hydrogens is 410 g/mol. The van der Waals surface area contributed by atoms with Crippen LogP contribution in [0.2, 0.25) is 0 Å². The summed E-state index contributed by atoms with van der Waals surface area (Å²) in [6.45, 7) is 7.86. The van der Waals surface area contributed by atoms with Crippen LogP contribution in [-0.4, -0.2) is 67.0 Å². The zero-order chi connectivity index (χ0) is 23.8. The summed E-state index contributed by atoms with van der Waals surface area (Å²) in [7, 11) is 5.77. The fourth-order valence-corrected chi connectivity index (χ4v) is 4.16. The van der Waals surface area contributed by atoms with Gasteiger partial charge in [0.1, 0.15) is 5.82 Å². The summed E-state index contributed by atoms with van der Waals surface area (Å²) in [5.41, 5.74) is 5.00. The molecule has 2 aromatic rings. The number of aliphatic hydroxyl groups is 1. The van der Waals surface area contributed by atoms with E-state index in [1.54, 1.807) is 7.05 Å². The van der Waals surface area contributed by atoms with Crippen LogP contribution in [-0.2, 0) is 0 Å². The van der Waals surface area contributed by atoms with Gasteiger partial charge < -0.3 is 14.9 Å². The molecule has 1 N–H and O–H groups in total. The Morgan fingerprint density at radius 3 is 2.82 bits per heavy atom. The fourth-order valence-electron chi connectivity index (χ4n) is 4.16. The number of benzene rings is 1. The molecule has 1 fully saturated rings. The maximum Gasteiger partial charge on any atom is 0.161 e. The van der Waals surface area contributed by atoms with Gasteiger partial charge in [-0.05, 0) is 42.9 Å². The van der Waals surface area contributed by atoms with E-state index >= 15 is 0 Å². The molecule has 33 heavy (non-hydrogen) atoms. The summed E-state index contributed by atoms with van der Waals surface area (Å²) < 4.78 is 0. The van der Waals surface area contributed by atoms with Gasteiger partial charge in [-0.25, -0.2) is 9.97 Å². The van der Waals surface area contributed by atoms with Gasteiger partial charge in [-0.3, -0.25) is 4.99 Å². The zero-order valence-corrected chi connectivity index (χ0v) is 20.2. The number of aromatic nitrogens is 2. The van der Waals surface area contributed by atoms with Gasteiger partial charge >= 0.3 is 0 Å². The molecule has 6 nitrogen and oxygen atoms in total. The molecule has 3 rings (SSSR count). The normalized spacial score (nSPS) is 17.5. The molecule has 0 aliphatic carbocycles. The number of aliphatic hydroxyl groups excluding tert-OH is 1. The lowest BCUT2D eigenvalue weighted by Gasteiger charge is -2.34. The summed E-state index contributed by atoms with van der Waals surface area (Å²) >= 11 is 0. The Labute approximate surface area is 197 Å². The van der Waals surface area contributed by atoms with Crippen molar-refractivity contribution in [3.63, 3.8) is 0 Å². The standard InChI is InChI=1S/C27H35N5O/c1-6-21(15-28-3)25-16-29-26(30-27(25)32-13-9-10-20(17-32)19-33)24-12-8-11-23(14-24)22(7-2)18-31(4)5/h6-8,11-12,14-16,18,20,33H,2,9-10,13,17,19H2,1,3-5H3/b21-6+,22-18+,28-15?. The van der Waals surface area contributed by atoms with Crippen molar-refractivity contribution in [2.75, 3.05) is 45.7 Å². The first-order valence-corrected chi connectivity index (χ1v) is 11.4. The fraction of sp³-hybridized carbons (Fsp3) is 0.370. The van der Waals surface area contributed by atoms with Crippen LogP contribution in [0, 0.1) is 5.92 Å². The van der Waals surface area contributed by atoms with Crippen LogP contribution < -0.4 is 4.90 Å². The highest BCUT2D eigenvalue weighted by Crippen LogP contribution is 2.31. The van der Waals surface area contributed by atoms with E-state index in [2.05, 4.69) is 28.6 Å². The van der Waals surface area contributed by atoms with Gasteiger partial charge in [0, 0.05) is 76.2 Å². The van der Waals surface area contributed by atoms with Crippen molar-refractivity contribution in [3.8, 4) is 11.4 Å². The molecule has 6 heteroatoms. The third-order valence-corrected chi connectivity index (χ3v) is 5.81. The molecule has 1 atom stereocenters. The van der Waals surface area contributed by atoms with Crippen LogP contribution >= 0.6 is 0 Å². The van der Waals surface area contributed by atoms with Gasteiger partial charge in [-0.2, -0.15) is 0 Å². The zero-order valence-electron chi connectivity index (χ0n) is 20.2. The molecule has 0 amide bonds. The second-order valence-corrected chi connectivity index (χ2v) is 8.53. The molecule has 1 aliphatic heterocycles. The number of nitrogens with zero attached hydrogens (tertiary/aromatic N) is 5. The topological polar surface area (TPSA) is 64.9 Å². The predicted molar refractivity (Wildman–Crippen MR) is 139 cm³/mol. The first-order valence-electron chi connectivity index (χ1n) is 11.4. The Bertz CT molecular complexity index is 1050. The molecule has 0 spiro atoms. The molecule has 0 radical (unpaired) electrons. The van der Waals surface area contributed by atoms with E-state index in [1.807, 2.05) is 68.8 Å². The molecule has 1 aromatic carbocycles. The quantitative estimate of drug-likeness (QED) is 0.477. The van der Waals surface area contributed by atoms with Gasteiger partial charge in [0.15, 0.2) is 5.82 Å². The van der Waals surface area contributed by atoms with Crippen molar-refractivity contribution in [1.82, 2.24) is 14.9 Å². The van der Waals surface area contributed by atoms with Crippen molar-refractivity contribution < 1.29 is 5.11 Å². The second-order valence-electron chi connectivity index (χ2n) is 8.53. The number of anilines is 1. The molecular formula is C27H35N5O. The van der Waals surface area contributed by atoms with Crippen LogP contribution in [0.3, 0.4) is 0 Å².